The van der Waals surface area contributed by atoms with Crippen LogP contribution in [0.1, 0.15) is 9.88 Å². The van der Waals surface area contributed by atoms with Gasteiger partial charge in [0.1, 0.15) is 0 Å². The molecule has 96 valence electrons. The van der Waals surface area contributed by atoms with Crippen LogP contribution >= 0.6 is 35.3 Å². The Labute approximate surface area is 124 Å². The van der Waals surface area contributed by atoms with Gasteiger partial charge in [0.05, 0.1) is 5.01 Å². The van der Waals surface area contributed by atoms with Gasteiger partial charge in [0.2, 0.25) is 0 Å². The molecule has 2 N–H and O–H groups in total. The average molecular weight is 366 g/mol. The number of thiazole rings is 1. The highest BCUT2D eigenvalue weighted by atomic mass is 127. The third-order valence-electron chi connectivity index (χ3n) is 1.94. The first kappa shape index (κ1) is 16.4. The monoisotopic (exact) mass is 366 g/mol. The van der Waals surface area contributed by atoms with Crippen LogP contribution in [0.2, 0.25) is 0 Å². The number of nitrogens with one attached hydrogen (secondary N) is 2. The number of hydrogen-bond donors (Lipinski definition) is 2. The number of guanidine groups is 1. The largest absolute Gasteiger partial charge is 0.356 e. The van der Waals surface area contributed by atoms with Gasteiger partial charge in [-0.2, -0.15) is 0 Å². The molecule has 0 aliphatic rings. The van der Waals surface area contributed by atoms with E-state index in [9.17, 15) is 0 Å². The second-order valence-electron chi connectivity index (χ2n) is 3.28. The topological polar surface area (TPSA) is 49.3 Å². The standard InChI is InChI=1S/C11H18N4S.HI/c1-4-6-13-11(12-3)14-7-5-10-15-8-9(2)16-10;/h4,8H,1,5-7H2,2-3H3,(H2,12,13,14);1H. The number of rotatable bonds is 5. The van der Waals surface area contributed by atoms with Gasteiger partial charge in [0, 0.05) is 37.6 Å². The molecule has 0 saturated heterocycles. The molecule has 0 amide bonds. The van der Waals surface area contributed by atoms with Gasteiger partial charge in [-0.3, -0.25) is 4.99 Å². The Hall–Kier alpha value is -0.630. The zero-order valence-electron chi connectivity index (χ0n) is 10.2. The van der Waals surface area contributed by atoms with Gasteiger partial charge in [0.15, 0.2) is 5.96 Å². The highest BCUT2D eigenvalue weighted by Crippen LogP contribution is 2.10. The summed E-state index contributed by atoms with van der Waals surface area (Å²) >= 11 is 1.74. The molecule has 0 saturated carbocycles. The summed E-state index contributed by atoms with van der Waals surface area (Å²) in [5, 5.41) is 7.49. The summed E-state index contributed by atoms with van der Waals surface area (Å²) in [4.78, 5) is 9.65. The molecule has 0 bridgehead atoms. The molecule has 0 unspecified atom stereocenters. The van der Waals surface area contributed by atoms with Crippen molar-refractivity contribution in [1.82, 2.24) is 15.6 Å². The van der Waals surface area contributed by atoms with Crippen LogP contribution in [-0.4, -0.2) is 31.1 Å². The minimum Gasteiger partial charge on any atom is -0.356 e. The number of hydrogen-bond acceptors (Lipinski definition) is 3. The van der Waals surface area contributed by atoms with Gasteiger partial charge in [0.25, 0.3) is 0 Å². The minimum atomic E-state index is 0. The van der Waals surface area contributed by atoms with Crippen molar-refractivity contribution in [3.05, 3.63) is 28.7 Å². The summed E-state index contributed by atoms with van der Waals surface area (Å²) in [5.74, 6) is 0.799. The van der Waals surface area contributed by atoms with E-state index in [1.807, 2.05) is 6.20 Å². The molecule has 1 rings (SSSR count). The lowest BCUT2D eigenvalue weighted by molar-refractivity contribution is 0.817. The Morgan fingerprint density at radius 3 is 2.88 bits per heavy atom. The summed E-state index contributed by atoms with van der Waals surface area (Å²) in [6, 6.07) is 0. The number of aliphatic imine (C=N–C) groups is 1. The molecule has 0 aliphatic carbocycles. The average Bonchev–Trinajstić information content (AvgIpc) is 2.69. The van der Waals surface area contributed by atoms with Gasteiger partial charge in [-0.25, -0.2) is 4.98 Å². The quantitative estimate of drug-likeness (QED) is 0.363. The second-order valence-corrected chi connectivity index (χ2v) is 4.60. The first-order valence-electron chi connectivity index (χ1n) is 5.23. The van der Waals surface area contributed by atoms with Crippen LogP contribution in [0.15, 0.2) is 23.8 Å². The smallest absolute Gasteiger partial charge is 0.191 e. The lowest BCUT2D eigenvalue weighted by Crippen LogP contribution is -2.38. The maximum absolute atomic E-state index is 4.30. The zero-order valence-corrected chi connectivity index (χ0v) is 13.3. The first-order valence-corrected chi connectivity index (χ1v) is 6.04. The summed E-state index contributed by atoms with van der Waals surface area (Å²) in [5.41, 5.74) is 0. The van der Waals surface area contributed by atoms with Gasteiger partial charge in [-0.15, -0.1) is 41.9 Å². The van der Waals surface area contributed by atoms with Gasteiger partial charge < -0.3 is 10.6 Å². The molecule has 1 aromatic heterocycles. The Kier molecular flexibility index (Phi) is 9.06. The van der Waals surface area contributed by atoms with Crippen molar-refractivity contribution in [2.75, 3.05) is 20.1 Å². The summed E-state index contributed by atoms with van der Waals surface area (Å²) in [6.07, 6.45) is 4.63. The highest BCUT2D eigenvalue weighted by Gasteiger charge is 1.99. The van der Waals surface area contributed by atoms with Crippen molar-refractivity contribution in [3.63, 3.8) is 0 Å². The molecule has 0 fully saturated rings. The van der Waals surface area contributed by atoms with Gasteiger partial charge in [-0.1, -0.05) is 6.08 Å². The number of nitrogens with zero attached hydrogens (tertiary/aromatic N) is 2. The minimum absolute atomic E-state index is 0. The molecular formula is C11H19IN4S. The number of aryl methyl sites for hydroxylation is 1. The fourth-order valence-corrected chi connectivity index (χ4v) is 1.98. The van der Waals surface area contributed by atoms with E-state index in [1.165, 1.54) is 4.88 Å². The number of aromatic nitrogens is 1. The van der Waals surface area contributed by atoms with E-state index >= 15 is 0 Å². The Morgan fingerprint density at radius 1 is 1.59 bits per heavy atom. The third kappa shape index (κ3) is 6.62. The lowest BCUT2D eigenvalue weighted by Gasteiger charge is -2.09. The van der Waals surface area contributed by atoms with E-state index < -0.39 is 0 Å². The fraction of sp³-hybridized carbons (Fsp3) is 0.455. The molecular weight excluding hydrogens is 347 g/mol. The Morgan fingerprint density at radius 2 is 2.35 bits per heavy atom. The predicted octanol–water partition coefficient (Wildman–Crippen LogP) is 1.96. The number of halogens is 1. The molecule has 1 heterocycles. The second kappa shape index (κ2) is 9.41. The van der Waals surface area contributed by atoms with Crippen molar-refractivity contribution in [2.24, 2.45) is 4.99 Å². The summed E-state index contributed by atoms with van der Waals surface area (Å²) < 4.78 is 0. The van der Waals surface area contributed by atoms with E-state index in [4.69, 9.17) is 0 Å². The van der Waals surface area contributed by atoms with Crippen LogP contribution in [0.4, 0.5) is 0 Å². The molecule has 4 nitrogen and oxygen atoms in total. The van der Waals surface area contributed by atoms with Crippen molar-refractivity contribution < 1.29 is 0 Å². The Bertz CT molecular complexity index is 362. The molecule has 0 aromatic carbocycles. The van der Waals surface area contributed by atoms with Crippen LogP contribution in [0.25, 0.3) is 0 Å². The van der Waals surface area contributed by atoms with Crippen LogP contribution in [-0.2, 0) is 6.42 Å². The molecule has 0 radical (unpaired) electrons. The molecule has 6 heteroatoms. The highest BCUT2D eigenvalue weighted by molar-refractivity contribution is 14.0. The maximum atomic E-state index is 4.30. The van der Waals surface area contributed by atoms with Crippen molar-refractivity contribution in [3.8, 4) is 0 Å². The van der Waals surface area contributed by atoms with Crippen LogP contribution in [0.5, 0.6) is 0 Å². The SMILES string of the molecule is C=CCNC(=NC)NCCc1ncc(C)s1.I. The van der Waals surface area contributed by atoms with Crippen molar-refractivity contribution in [2.45, 2.75) is 13.3 Å². The molecule has 0 spiro atoms. The van der Waals surface area contributed by atoms with Crippen molar-refractivity contribution in [1.29, 1.82) is 0 Å². The van der Waals surface area contributed by atoms with E-state index in [1.54, 1.807) is 24.5 Å². The van der Waals surface area contributed by atoms with Crippen LogP contribution < -0.4 is 10.6 Å². The molecule has 0 aliphatic heterocycles. The van der Waals surface area contributed by atoms with Crippen LogP contribution in [0, 0.1) is 6.92 Å². The molecule has 0 atom stereocenters. The molecule has 1 aromatic rings. The van der Waals surface area contributed by atoms with Crippen molar-refractivity contribution >= 4 is 41.3 Å². The summed E-state index contributed by atoms with van der Waals surface area (Å²) in [7, 11) is 1.76. The predicted molar refractivity (Wildman–Crippen MR) is 85.5 cm³/mol. The van der Waals surface area contributed by atoms with E-state index in [2.05, 4.69) is 34.1 Å². The maximum Gasteiger partial charge on any atom is 0.191 e. The van der Waals surface area contributed by atoms with E-state index in [0.29, 0.717) is 0 Å². The fourth-order valence-electron chi connectivity index (χ4n) is 1.19. The summed E-state index contributed by atoms with van der Waals surface area (Å²) in [6.45, 7) is 7.27. The Balaban J connectivity index is 0.00000256. The van der Waals surface area contributed by atoms with E-state index in [-0.39, 0.29) is 24.0 Å². The normalized spacial score (nSPS) is 10.6. The van der Waals surface area contributed by atoms with E-state index in [0.717, 1.165) is 30.5 Å². The lowest BCUT2D eigenvalue weighted by atomic mass is 10.4. The third-order valence-corrected chi connectivity index (χ3v) is 2.91. The van der Waals surface area contributed by atoms with Gasteiger partial charge >= 0.3 is 0 Å². The zero-order chi connectivity index (χ0) is 11.8. The first-order chi connectivity index (χ1) is 7.76. The van der Waals surface area contributed by atoms with Gasteiger partial charge in [-0.05, 0) is 6.92 Å². The molecule has 17 heavy (non-hydrogen) atoms. The van der Waals surface area contributed by atoms with Crippen LogP contribution in [0.3, 0.4) is 0 Å².